The number of nitrogens with zero attached hydrogens (tertiary/aromatic N) is 2. The van der Waals surface area contributed by atoms with E-state index >= 15 is 0 Å². The van der Waals surface area contributed by atoms with Crippen LogP contribution in [0.25, 0.3) is 0 Å². The Hall–Kier alpha value is -2.12. The van der Waals surface area contributed by atoms with Gasteiger partial charge in [-0.2, -0.15) is 0 Å². The minimum atomic E-state index is -0.563. The van der Waals surface area contributed by atoms with Crippen molar-refractivity contribution in [3.8, 4) is 0 Å². The number of esters is 2. The minimum absolute atomic E-state index is 0.419. The Labute approximate surface area is 103 Å². The van der Waals surface area contributed by atoms with E-state index in [1.54, 1.807) is 13.8 Å². The fourth-order valence-electron chi connectivity index (χ4n) is 1.12. The molecule has 2 fully saturated rings. The van der Waals surface area contributed by atoms with Gasteiger partial charge in [-0.05, 0) is 13.8 Å². The highest BCUT2D eigenvalue weighted by Gasteiger charge is 2.35. The first-order valence-electron chi connectivity index (χ1n) is 5.22. The second kappa shape index (κ2) is 5.03. The Balaban J connectivity index is 0.000000180. The van der Waals surface area contributed by atoms with Crippen molar-refractivity contribution in [3.63, 3.8) is 0 Å². The van der Waals surface area contributed by atoms with Crippen LogP contribution < -0.4 is 0 Å². The molecule has 0 N–H and O–H groups in total. The summed E-state index contributed by atoms with van der Waals surface area (Å²) in [6, 6.07) is -0.838. The first kappa shape index (κ1) is 13.9. The van der Waals surface area contributed by atoms with Gasteiger partial charge in [0.15, 0.2) is 0 Å². The average molecular weight is 258 g/mol. The van der Waals surface area contributed by atoms with Crippen LogP contribution in [0.4, 0.5) is 9.59 Å². The Morgan fingerprint density at radius 1 is 0.778 bits per heavy atom. The largest absolute Gasteiger partial charge is 0.418 e. The van der Waals surface area contributed by atoms with Crippen molar-refractivity contribution < 1.29 is 28.7 Å². The monoisotopic (exact) mass is 258 g/mol. The number of ether oxygens (including phenoxy) is 2. The van der Waals surface area contributed by atoms with Crippen molar-refractivity contribution in [3.05, 3.63) is 0 Å². The van der Waals surface area contributed by atoms with Crippen LogP contribution in [0.15, 0.2) is 0 Å². The molecule has 0 radical (unpaired) electrons. The summed E-state index contributed by atoms with van der Waals surface area (Å²) in [5.74, 6) is -0.940. The van der Waals surface area contributed by atoms with Crippen LogP contribution >= 0.6 is 0 Å². The van der Waals surface area contributed by atoms with E-state index < -0.39 is 36.2 Å². The van der Waals surface area contributed by atoms with Gasteiger partial charge in [0.05, 0.1) is 0 Å². The SMILES string of the molecule is C[C@@H]1C(=O)OC(=O)N1C.C[C@H]1C(=O)OC(=O)N1C. The highest BCUT2D eigenvalue weighted by molar-refractivity contribution is 5.95. The first-order valence-corrected chi connectivity index (χ1v) is 5.22. The molecule has 0 bridgehead atoms. The van der Waals surface area contributed by atoms with Gasteiger partial charge in [0.2, 0.25) is 0 Å². The summed E-state index contributed by atoms with van der Waals surface area (Å²) in [4.78, 5) is 44.5. The van der Waals surface area contributed by atoms with Gasteiger partial charge in [0.1, 0.15) is 12.1 Å². The number of hydrogen-bond donors (Lipinski definition) is 0. The zero-order valence-corrected chi connectivity index (χ0v) is 10.5. The van der Waals surface area contributed by atoms with Crippen molar-refractivity contribution in [2.45, 2.75) is 25.9 Å². The molecule has 0 unspecified atom stereocenters. The summed E-state index contributed by atoms with van der Waals surface area (Å²) in [7, 11) is 3.05. The molecule has 0 aliphatic carbocycles. The van der Waals surface area contributed by atoms with E-state index in [4.69, 9.17) is 0 Å². The molecule has 2 rings (SSSR count). The average Bonchev–Trinajstić information content (AvgIpc) is 2.66. The molecule has 2 aliphatic rings. The molecule has 8 heteroatoms. The lowest BCUT2D eigenvalue weighted by Crippen LogP contribution is -2.27. The minimum Gasteiger partial charge on any atom is -0.375 e. The third-order valence-corrected chi connectivity index (χ3v) is 2.80. The molecule has 100 valence electrons. The normalized spacial score (nSPS) is 26.9. The van der Waals surface area contributed by atoms with Gasteiger partial charge in [0.25, 0.3) is 0 Å². The summed E-state index contributed by atoms with van der Waals surface area (Å²) in [5, 5.41) is 0. The predicted molar refractivity (Wildman–Crippen MR) is 57.4 cm³/mol. The third-order valence-electron chi connectivity index (χ3n) is 2.80. The van der Waals surface area contributed by atoms with E-state index in [2.05, 4.69) is 9.47 Å². The lowest BCUT2D eigenvalue weighted by Gasteiger charge is -2.06. The summed E-state index contributed by atoms with van der Waals surface area (Å²) in [5.41, 5.74) is 0. The Kier molecular flexibility index (Phi) is 3.89. The molecule has 2 aliphatic heterocycles. The molecule has 0 aromatic carbocycles. The van der Waals surface area contributed by atoms with Crippen LogP contribution in [0, 0.1) is 0 Å². The molecule has 8 nitrogen and oxygen atoms in total. The lowest BCUT2D eigenvalue weighted by atomic mass is 10.3. The summed E-state index contributed by atoms with van der Waals surface area (Å²) >= 11 is 0. The fourth-order valence-corrected chi connectivity index (χ4v) is 1.12. The Morgan fingerprint density at radius 2 is 1.06 bits per heavy atom. The summed E-state index contributed by atoms with van der Waals surface area (Å²) in [6.45, 7) is 3.24. The van der Waals surface area contributed by atoms with Crippen molar-refractivity contribution in [2.24, 2.45) is 0 Å². The number of carbonyl (C=O) groups is 4. The van der Waals surface area contributed by atoms with Gasteiger partial charge in [-0.15, -0.1) is 0 Å². The van der Waals surface area contributed by atoms with Crippen molar-refractivity contribution >= 4 is 24.1 Å². The maximum Gasteiger partial charge on any atom is 0.418 e. The van der Waals surface area contributed by atoms with Crippen LogP contribution in [0.1, 0.15) is 13.8 Å². The zero-order chi connectivity index (χ0) is 14.0. The van der Waals surface area contributed by atoms with Gasteiger partial charge in [-0.3, -0.25) is 9.80 Å². The highest BCUT2D eigenvalue weighted by atomic mass is 16.6. The van der Waals surface area contributed by atoms with Gasteiger partial charge < -0.3 is 9.47 Å². The first-order chi connectivity index (χ1) is 8.25. The predicted octanol–water partition coefficient (Wildman–Crippen LogP) is -0.0330. The molecule has 2 saturated heterocycles. The zero-order valence-electron chi connectivity index (χ0n) is 10.5. The Morgan fingerprint density at radius 3 is 1.11 bits per heavy atom. The molecular weight excluding hydrogens is 244 g/mol. The van der Waals surface area contributed by atoms with E-state index in [9.17, 15) is 19.2 Å². The number of amides is 2. The van der Waals surface area contributed by atoms with Crippen molar-refractivity contribution in [2.75, 3.05) is 14.1 Å². The van der Waals surface area contributed by atoms with E-state index in [-0.39, 0.29) is 0 Å². The smallest absolute Gasteiger partial charge is 0.375 e. The lowest BCUT2D eigenvalue weighted by molar-refractivity contribution is -0.136. The van der Waals surface area contributed by atoms with Crippen LogP contribution in [0.2, 0.25) is 0 Å². The second-order valence-electron chi connectivity index (χ2n) is 3.95. The second-order valence-corrected chi connectivity index (χ2v) is 3.95. The molecular formula is C10H14N2O6. The molecule has 0 aromatic heterocycles. The van der Waals surface area contributed by atoms with Gasteiger partial charge in [0, 0.05) is 14.1 Å². The quantitative estimate of drug-likeness (QED) is 0.447. The number of rotatable bonds is 0. The van der Waals surface area contributed by atoms with E-state index in [0.717, 1.165) is 0 Å². The molecule has 0 aromatic rings. The van der Waals surface area contributed by atoms with Gasteiger partial charge in [-0.25, -0.2) is 19.2 Å². The van der Waals surface area contributed by atoms with E-state index in [1.807, 2.05) is 0 Å². The van der Waals surface area contributed by atoms with E-state index in [1.165, 1.54) is 23.9 Å². The maximum absolute atomic E-state index is 10.5. The third kappa shape index (κ3) is 2.58. The fraction of sp³-hybridized carbons (Fsp3) is 0.600. The molecule has 18 heavy (non-hydrogen) atoms. The Bertz CT molecular complexity index is 333. The van der Waals surface area contributed by atoms with E-state index in [0.29, 0.717) is 0 Å². The van der Waals surface area contributed by atoms with Gasteiger partial charge in [-0.1, -0.05) is 0 Å². The molecule has 2 amide bonds. The summed E-state index contributed by atoms with van der Waals surface area (Å²) in [6.07, 6.45) is -1.13. The standard InChI is InChI=1S/2C5H7NO3/c2*1-3-4(7)9-5(8)6(3)2/h2*3H,1-2H3/t2*3-/m10/s1. The molecule has 2 atom stereocenters. The van der Waals surface area contributed by atoms with Crippen LogP contribution in [0.5, 0.6) is 0 Å². The van der Waals surface area contributed by atoms with Crippen LogP contribution in [-0.2, 0) is 19.1 Å². The number of likely N-dealkylation sites (N-methyl/N-ethyl adjacent to an activating group) is 2. The van der Waals surface area contributed by atoms with Crippen LogP contribution in [0.3, 0.4) is 0 Å². The van der Waals surface area contributed by atoms with Gasteiger partial charge >= 0.3 is 24.1 Å². The van der Waals surface area contributed by atoms with Crippen molar-refractivity contribution in [1.82, 2.24) is 9.80 Å². The number of hydrogen-bond acceptors (Lipinski definition) is 6. The topological polar surface area (TPSA) is 93.2 Å². The molecule has 0 saturated carbocycles. The number of carbonyl (C=O) groups excluding carboxylic acids is 4. The molecule has 2 heterocycles. The number of cyclic esters (lactones) is 4. The highest BCUT2D eigenvalue weighted by Crippen LogP contribution is 2.09. The van der Waals surface area contributed by atoms with Crippen molar-refractivity contribution in [1.29, 1.82) is 0 Å². The molecule has 0 spiro atoms. The summed E-state index contributed by atoms with van der Waals surface area (Å²) < 4.78 is 8.47. The van der Waals surface area contributed by atoms with Crippen LogP contribution in [-0.4, -0.2) is 60.1 Å². The maximum atomic E-state index is 10.5.